The number of rotatable bonds is 2. The molecule has 0 spiro atoms. The fraction of sp³-hybridized carbons (Fsp3) is 1.00. The van der Waals surface area contributed by atoms with Crippen molar-refractivity contribution in [2.45, 2.75) is 18.4 Å². The van der Waals surface area contributed by atoms with E-state index in [0.717, 1.165) is 32.5 Å². The molecular weight excluding hydrogens is 192 g/mol. The quantitative estimate of drug-likeness (QED) is 0.551. The van der Waals surface area contributed by atoms with Gasteiger partial charge in [0.25, 0.3) is 0 Å². The van der Waals surface area contributed by atoms with E-state index in [0.29, 0.717) is 19.0 Å². The molecule has 4 fully saturated rings. The molecule has 4 saturated heterocycles. The molecule has 15 heavy (non-hydrogen) atoms. The maximum atomic E-state index is 10.6. The SMILES string of the molecule is OCC1(C2(O)CNC2)CN2CCC1CC2. The van der Waals surface area contributed by atoms with E-state index in [1.807, 2.05) is 0 Å². The minimum atomic E-state index is -0.661. The molecule has 0 aromatic rings. The first-order chi connectivity index (χ1) is 7.20. The van der Waals surface area contributed by atoms with Crippen LogP contribution in [0.3, 0.4) is 0 Å². The Morgan fingerprint density at radius 1 is 1.27 bits per heavy atom. The molecule has 4 nitrogen and oxygen atoms in total. The van der Waals surface area contributed by atoms with E-state index in [1.165, 1.54) is 0 Å². The zero-order valence-electron chi connectivity index (χ0n) is 9.08. The van der Waals surface area contributed by atoms with Crippen molar-refractivity contribution in [1.29, 1.82) is 0 Å². The van der Waals surface area contributed by atoms with Crippen LogP contribution < -0.4 is 5.32 Å². The summed E-state index contributed by atoms with van der Waals surface area (Å²) in [6, 6.07) is 0. The summed E-state index contributed by atoms with van der Waals surface area (Å²) in [5.74, 6) is 0.514. The third-order valence-electron chi connectivity index (χ3n) is 4.92. The van der Waals surface area contributed by atoms with Gasteiger partial charge >= 0.3 is 0 Å². The molecule has 1 unspecified atom stereocenters. The lowest BCUT2D eigenvalue weighted by Crippen LogP contribution is -2.76. The summed E-state index contributed by atoms with van der Waals surface area (Å²) in [6.07, 6.45) is 2.28. The van der Waals surface area contributed by atoms with Crippen LogP contribution in [-0.2, 0) is 0 Å². The molecule has 3 N–H and O–H groups in total. The van der Waals surface area contributed by atoms with Crippen LogP contribution in [0.4, 0.5) is 0 Å². The van der Waals surface area contributed by atoms with E-state index in [9.17, 15) is 10.2 Å². The second-order valence-electron chi connectivity index (χ2n) is 5.50. The molecule has 0 radical (unpaired) electrons. The first-order valence-corrected chi connectivity index (χ1v) is 5.97. The topological polar surface area (TPSA) is 55.7 Å². The number of hydrogen-bond acceptors (Lipinski definition) is 4. The van der Waals surface area contributed by atoms with E-state index in [2.05, 4.69) is 10.2 Å². The number of hydrogen-bond donors (Lipinski definition) is 3. The summed E-state index contributed by atoms with van der Waals surface area (Å²) in [6.45, 7) is 4.61. The lowest BCUT2D eigenvalue weighted by Gasteiger charge is -2.62. The molecule has 4 aliphatic rings. The van der Waals surface area contributed by atoms with Crippen LogP contribution in [-0.4, -0.2) is 60.0 Å². The minimum Gasteiger partial charge on any atom is -0.396 e. The second kappa shape index (κ2) is 3.17. The predicted octanol–water partition coefficient (Wildman–Crippen LogP) is -0.975. The lowest BCUT2D eigenvalue weighted by molar-refractivity contribution is -0.207. The lowest BCUT2D eigenvalue weighted by atomic mass is 9.56. The Bertz CT molecular complexity index is 259. The van der Waals surface area contributed by atoms with Crippen LogP contribution in [0.25, 0.3) is 0 Å². The smallest absolute Gasteiger partial charge is 0.0987 e. The first kappa shape index (κ1) is 10.0. The van der Waals surface area contributed by atoms with Crippen LogP contribution in [0, 0.1) is 11.3 Å². The highest BCUT2D eigenvalue weighted by Crippen LogP contribution is 2.50. The van der Waals surface area contributed by atoms with Gasteiger partial charge < -0.3 is 20.4 Å². The fourth-order valence-electron chi connectivity index (χ4n) is 3.74. The van der Waals surface area contributed by atoms with Crippen LogP contribution in [0.2, 0.25) is 0 Å². The fourth-order valence-corrected chi connectivity index (χ4v) is 3.74. The van der Waals surface area contributed by atoms with E-state index >= 15 is 0 Å². The van der Waals surface area contributed by atoms with Crippen molar-refractivity contribution in [3.63, 3.8) is 0 Å². The average Bonchev–Trinajstić information content (AvgIpc) is 2.27. The molecule has 86 valence electrons. The van der Waals surface area contributed by atoms with Gasteiger partial charge in [-0.15, -0.1) is 0 Å². The van der Waals surface area contributed by atoms with E-state index in [4.69, 9.17) is 0 Å². The minimum absolute atomic E-state index is 0.131. The van der Waals surface area contributed by atoms with E-state index in [1.54, 1.807) is 0 Å². The highest BCUT2D eigenvalue weighted by Gasteiger charge is 2.60. The summed E-state index contributed by atoms with van der Waals surface area (Å²) < 4.78 is 0. The number of fused-ring (bicyclic) bond motifs is 3. The summed E-state index contributed by atoms with van der Waals surface area (Å²) in [7, 11) is 0. The normalized spacial score (nSPS) is 47.6. The monoisotopic (exact) mass is 212 g/mol. The number of nitrogens with one attached hydrogen (secondary N) is 1. The molecule has 0 amide bonds. The van der Waals surface area contributed by atoms with Gasteiger partial charge in [0.1, 0.15) is 0 Å². The van der Waals surface area contributed by atoms with Crippen molar-refractivity contribution in [3.8, 4) is 0 Å². The standard InChI is InChI=1S/C11H20N2O2/c14-8-10(11(15)5-12-6-11)7-13-3-1-9(10)2-4-13/h9,12,14-15H,1-8H2. The molecule has 0 aliphatic carbocycles. The van der Waals surface area contributed by atoms with Gasteiger partial charge in [-0.2, -0.15) is 0 Å². The van der Waals surface area contributed by atoms with Gasteiger partial charge in [0.2, 0.25) is 0 Å². The maximum Gasteiger partial charge on any atom is 0.0987 e. The largest absolute Gasteiger partial charge is 0.396 e. The van der Waals surface area contributed by atoms with Crippen molar-refractivity contribution < 1.29 is 10.2 Å². The molecule has 4 rings (SSSR count). The Morgan fingerprint density at radius 3 is 2.27 bits per heavy atom. The number of β-amino-alcohol motifs (C(OH)–C–C–N with tert-alkyl or cyclic N) is 1. The Balaban J connectivity index is 1.92. The van der Waals surface area contributed by atoms with Crippen LogP contribution in [0.15, 0.2) is 0 Å². The van der Waals surface area contributed by atoms with Crippen molar-refractivity contribution in [1.82, 2.24) is 10.2 Å². The molecule has 4 heterocycles. The van der Waals surface area contributed by atoms with Gasteiger partial charge in [-0.1, -0.05) is 0 Å². The highest BCUT2D eigenvalue weighted by molar-refractivity contribution is 5.13. The van der Waals surface area contributed by atoms with Gasteiger partial charge in [0.15, 0.2) is 0 Å². The predicted molar refractivity (Wildman–Crippen MR) is 56.5 cm³/mol. The Kier molecular flexibility index (Phi) is 2.12. The van der Waals surface area contributed by atoms with Crippen LogP contribution >= 0.6 is 0 Å². The summed E-state index contributed by atoms with van der Waals surface area (Å²) in [5, 5.41) is 23.4. The van der Waals surface area contributed by atoms with Gasteiger partial charge in [-0.3, -0.25) is 0 Å². The molecular formula is C11H20N2O2. The Hall–Kier alpha value is -0.160. The maximum absolute atomic E-state index is 10.6. The van der Waals surface area contributed by atoms with E-state index in [-0.39, 0.29) is 12.0 Å². The Morgan fingerprint density at radius 2 is 1.93 bits per heavy atom. The Labute approximate surface area is 90.3 Å². The molecule has 0 aromatic heterocycles. The number of nitrogens with zero attached hydrogens (tertiary/aromatic N) is 1. The number of aliphatic hydroxyl groups is 2. The second-order valence-corrected chi connectivity index (χ2v) is 5.50. The molecule has 2 bridgehead atoms. The van der Waals surface area contributed by atoms with Gasteiger partial charge in [0.05, 0.1) is 12.2 Å². The molecule has 4 aliphatic heterocycles. The van der Waals surface area contributed by atoms with Crippen molar-refractivity contribution in [2.24, 2.45) is 11.3 Å². The van der Waals surface area contributed by atoms with Gasteiger partial charge in [-0.05, 0) is 31.8 Å². The molecule has 0 aromatic carbocycles. The van der Waals surface area contributed by atoms with Crippen LogP contribution in [0.1, 0.15) is 12.8 Å². The van der Waals surface area contributed by atoms with E-state index < -0.39 is 5.60 Å². The van der Waals surface area contributed by atoms with Crippen molar-refractivity contribution >= 4 is 0 Å². The number of aliphatic hydroxyl groups excluding tert-OH is 1. The third-order valence-corrected chi connectivity index (χ3v) is 4.92. The summed E-state index contributed by atoms with van der Waals surface area (Å²) >= 11 is 0. The highest BCUT2D eigenvalue weighted by atomic mass is 16.3. The number of piperidine rings is 3. The van der Waals surface area contributed by atoms with Gasteiger partial charge in [-0.25, -0.2) is 0 Å². The third kappa shape index (κ3) is 1.16. The van der Waals surface area contributed by atoms with Crippen molar-refractivity contribution in [2.75, 3.05) is 39.3 Å². The van der Waals surface area contributed by atoms with Crippen molar-refractivity contribution in [3.05, 3.63) is 0 Å². The molecule has 0 saturated carbocycles. The summed E-state index contributed by atoms with van der Waals surface area (Å²) in [4.78, 5) is 2.40. The summed E-state index contributed by atoms with van der Waals surface area (Å²) in [5.41, 5.74) is -0.916. The zero-order chi connectivity index (χ0) is 10.5. The molecule has 4 heteroatoms. The first-order valence-electron chi connectivity index (χ1n) is 5.97. The van der Waals surface area contributed by atoms with Gasteiger partial charge in [0, 0.05) is 25.0 Å². The van der Waals surface area contributed by atoms with Crippen LogP contribution in [0.5, 0.6) is 0 Å². The molecule has 1 atom stereocenters. The average molecular weight is 212 g/mol. The zero-order valence-corrected chi connectivity index (χ0v) is 9.08.